The summed E-state index contributed by atoms with van der Waals surface area (Å²) in [5, 5.41) is 0. The van der Waals surface area contributed by atoms with Gasteiger partial charge >= 0.3 is 23.1 Å². The summed E-state index contributed by atoms with van der Waals surface area (Å²) in [6.07, 6.45) is 13.7. The van der Waals surface area contributed by atoms with Crippen molar-refractivity contribution >= 4 is 39.0 Å². The van der Waals surface area contributed by atoms with E-state index in [1.807, 2.05) is 6.08 Å². The Hall–Kier alpha value is 1.21. The summed E-state index contributed by atoms with van der Waals surface area (Å²) in [6.45, 7) is 15.1. The normalized spacial score (nSPS) is 7.00. The monoisotopic (exact) mass is 422 g/mol. The van der Waals surface area contributed by atoms with Gasteiger partial charge in [-0.15, -0.1) is 6.58 Å². The van der Waals surface area contributed by atoms with E-state index >= 15 is 0 Å². The second-order valence-electron chi connectivity index (χ2n) is 3.85. The molecule has 0 rings (SSSR count). The largest absolute Gasteiger partial charge is 2.00 e. The Kier molecular flexibility index (Phi) is 93.7. The maximum Gasteiger partial charge on any atom is 2.00 e. The Morgan fingerprint density at radius 1 is 0.950 bits per heavy atom. The molecule has 0 aliphatic heterocycles. The maximum atomic E-state index is 3.72. The minimum atomic E-state index is 0. The molecule has 0 aliphatic rings. The number of hydrogen-bond acceptors (Lipinski definition) is 0. The van der Waals surface area contributed by atoms with Crippen LogP contribution in [0, 0.1) is 6.92 Å². The van der Waals surface area contributed by atoms with Crippen LogP contribution in [0.5, 0.6) is 0 Å². The van der Waals surface area contributed by atoms with Gasteiger partial charge < -0.3 is 23.9 Å². The standard InChI is InChI=1S/C8H16.C6H13.C2H3Br.CH4.BrH.Mg/c1-3-5-7-8-6-4-2;1-3-5-6-4-2;1-2-3;;;/h3H,1,4-8H2,2H3;1,3-6H2,2H3;2H,1H2;1H4;1H;/q;-1;;;;+2/p-1. The zero-order valence-electron chi connectivity index (χ0n) is 13.1. The summed E-state index contributed by atoms with van der Waals surface area (Å²) in [7, 11) is 0. The zero-order chi connectivity index (χ0) is 13.8. The Bertz CT molecular complexity index is 124. The van der Waals surface area contributed by atoms with Crippen molar-refractivity contribution in [3.8, 4) is 0 Å². The average molecular weight is 425 g/mol. The summed E-state index contributed by atoms with van der Waals surface area (Å²) in [6, 6.07) is 0. The smallest absolute Gasteiger partial charge is 1.00 e. The maximum absolute atomic E-state index is 3.72. The van der Waals surface area contributed by atoms with Gasteiger partial charge in [-0.25, -0.2) is 0 Å². The quantitative estimate of drug-likeness (QED) is 0.236. The van der Waals surface area contributed by atoms with Crippen molar-refractivity contribution in [1.29, 1.82) is 0 Å². The summed E-state index contributed by atoms with van der Waals surface area (Å²) in [5.41, 5.74) is 0. The first-order valence-corrected chi connectivity index (χ1v) is 7.77. The van der Waals surface area contributed by atoms with E-state index in [0.717, 1.165) is 6.42 Å². The van der Waals surface area contributed by atoms with Gasteiger partial charge in [-0.3, -0.25) is 0 Å². The Labute approximate surface area is 165 Å². The van der Waals surface area contributed by atoms with E-state index in [0.29, 0.717) is 0 Å². The van der Waals surface area contributed by atoms with Crippen molar-refractivity contribution < 1.29 is 17.0 Å². The van der Waals surface area contributed by atoms with Gasteiger partial charge in [-0.05, 0) is 17.8 Å². The molecule has 0 saturated carbocycles. The van der Waals surface area contributed by atoms with E-state index in [4.69, 9.17) is 0 Å². The van der Waals surface area contributed by atoms with Crippen LogP contribution >= 0.6 is 15.9 Å². The number of hydrogen-bond donors (Lipinski definition) is 0. The number of allylic oxidation sites excluding steroid dienone is 1. The van der Waals surface area contributed by atoms with Crippen molar-refractivity contribution in [1.82, 2.24) is 0 Å². The summed E-state index contributed by atoms with van der Waals surface area (Å²) in [5.74, 6) is 0. The molecule has 0 aromatic carbocycles. The van der Waals surface area contributed by atoms with Crippen LogP contribution in [0.15, 0.2) is 24.2 Å². The topological polar surface area (TPSA) is 0 Å². The van der Waals surface area contributed by atoms with Crippen LogP contribution < -0.4 is 17.0 Å². The van der Waals surface area contributed by atoms with Crippen molar-refractivity contribution in [2.75, 3.05) is 0 Å². The van der Waals surface area contributed by atoms with Gasteiger partial charge in [-0.2, -0.15) is 6.42 Å². The van der Waals surface area contributed by atoms with Crippen LogP contribution in [0.4, 0.5) is 0 Å². The molecule has 3 heteroatoms. The first-order chi connectivity index (χ1) is 8.24. The van der Waals surface area contributed by atoms with Gasteiger partial charge in [0.2, 0.25) is 0 Å². The van der Waals surface area contributed by atoms with Gasteiger partial charge in [0.1, 0.15) is 0 Å². The Balaban J connectivity index is -0.0000000370. The molecular weight excluding hydrogens is 388 g/mol. The molecule has 120 valence electrons. The van der Waals surface area contributed by atoms with Gasteiger partial charge in [-0.1, -0.05) is 88.4 Å². The molecule has 0 amide bonds. The van der Waals surface area contributed by atoms with Crippen LogP contribution in [-0.2, 0) is 0 Å². The minimum Gasteiger partial charge on any atom is -1.00 e. The molecular formula is C17H36Br2Mg. The van der Waals surface area contributed by atoms with Crippen molar-refractivity contribution in [3.63, 3.8) is 0 Å². The molecule has 0 N–H and O–H groups in total. The zero-order valence-corrected chi connectivity index (χ0v) is 17.7. The first-order valence-electron chi connectivity index (χ1n) is 6.86. The number of unbranched alkanes of at least 4 members (excludes halogenated alkanes) is 7. The molecule has 0 aliphatic carbocycles. The van der Waals surface area contributed by atoms with E-state index < -0.39 is 0 Å². The van der Waals surface area contributed by atoms with Crippen LogP contribution in [0.2, 0.25) is 0 Å². The molecule has 0 saturated heterocycles. The molecule has 0 aromatic rings. The third-order valence-corrected chi connectivity index (χ3v) is 2.12. The molecule has 20 heavy (non-hydrogen) atoms. The molecule has 0 bridgehead atoms. The summed E-state index contributed by atoms with van der Waals surface area (Å²) in [4.78, 5) is 1.56. The van der Waals surface area contributed by atoms with E-state index in [1.54, 1.807) is 4.99 Å². The Morgan fingerprint density at radius 3 is 1.60 bits per heavy atom. The van der Waals surface area contributed by atoms with E-state index in [2.05, 4.69) is 49.9 Å². The fourth-order valence-corrected chi connectivity index (χ4v) is 1.14. The van der Waals surface area contributed by atoms with E-state index in [1.165, 1.54) is 51.4 Å². The SMILES string of the molecule is C.C=CBr.C=CCCCCCC.[Br-].[CH2-]CCCCC.[Mg+2]. The molecule has 0 radical (unpaired) electrons. The first kappa shape index (κ1) is 37.4. The molecule has 0 atom stereocenters. The van der Waals surface area contributed by atoms with Crippen LogP contribution in [-0.4, -0.2) is 23.1 Å². The second-order valence-corrected chi connectivity index (χ2v) is 4.50. The molecule has 0 unspecified atom stereocenters. The number of rotatable bonds is 8. The van der Waals surface area contributed by atoms with Crippen LogP contribution in [0.1, 0.15) is 79.1 Å². The predicted molar refractivity (Wildman–Crippen MR) is 100 cm³/mol. The van der Waals surface area contributed by atoms with Gasteiger partial charge in [0, 0.05) is 0 Å². The van der Waals surface area contributed by atoms with Gasteiger partial charge in [0.25, 0.3) is 0 Å². The van der Waals surface area contributed by atoms with E-state index in [-0.39, 0.29) is 47.5 Å². The fraction of sp³-hybridized carbons (Fsp3) is 0.706. The van der Waals surface area contributed by atoms with Crippen molar-refractivity contribution in [2.45, 2.75) is 79.1 Å². The third kappa shape index (κ3) is 75.1. The molecule has 0 heterocycles. The second kappa shape index (κ2) is 50.0. The van der Waals surface area contributed by atoms with Crippen LogP contribution in [0.25, 0.3) is 0 Å². The molecule has 0 fully saturated rings. The number of halogens is 2. The Morgan fingerprint density at radius 2 is 1.35 bits per heavy atom. The van der Waals surface area contributed by atoms with Crippen molar-refractivity contribution in [2.24, 2.45) is 0 Å². The molecule has 0 nitrogen and oxygen atoms in total. The minimum absolute atomic E-state index is 0. The van der Waals surface area contributed by atoms with Crippen LogP contribution in [0.3, 0.4) is 0 Å². The van der Waals surface area contributed by atoms with E-state index in [9.17, 15) is 0 Å². The predicted octanol–water partition coefficient (Wildman–Crippen LogP) is 4.33. The molecule has 0 aromatic heterocycles. The van der Waals surface area contributed by atoms with Crippen molar-refractivity contribution in [3.05, 3.63) is 31.1 Å². The third-order valence-electron chi connectivity index (χ3n) is 2.12. The summed E-state index contributed by atoms with van der Waals surface area (Å²) < 4.78 is 0. The van der Waals surface area contributed by atoms with Gasteiger partial charge in [0.05, 0.1) is 0 Å². The average Bonchev–Trinajstić information content (AvgIpc) is 2.34. The fourth-order valence-electron chi connectivity index (χ4n) is 1.14. The molecule has 0 spiro atoms. The van der Waals surface area contributed by atoms with Gasteiger partial charge in [0.15, 0.2) is 0 Å². The summed E-state index contributed by atoms with van der Waals surface area (Å²) >= 11 is 2.91.